The van der Waals surface area contributed by atoms with Crippen molar-refractivity contribution in [3.63, 3.8) is 0 Å². The van der Waals surface area contributed by atoms with Gasteiger partial charge < -0.3 is 5.32 Å². The third kappa shape index (κ3) is 2.44. The highest BCUT2D eigenvalue weighted by Crippen LogP contribution is 2.24. The Kier molecular flexibility index (Phi) is 3.98. The minimum Gasteiger partial charge on any atom is -0.319 e. The number of hydrogen-bond donors (Lipinski definition) is 1. The molecule has 1 N–H and O–H groups in total. The van der Waals surface area contributed by atoms with Crippen LogP contribution in [0.1, 0.15) is 17.6 Å². The van der Waals surface area contributed by atoms with Gasteiger partial charge in [-0.05, 0) is 13.5 Å². The van der Waals surface area contributed by atoms with Crippen LogP contribution in [0.2, 0.25) is 4.34 Å². The summed E-state index contributed by atoms with van der Waals surface area (Å²) in [7, 11) is 1.93. The number of thiazole rings is 1. The van der Waals surface area contributed by atoms with Crippen molar-refractivity contribution in [2.24, 2.45) is 0 Å². The number of rotatable bonds is 4. The molecule has 0 atom stereocenters. The van der Waals surface area contributed by atoms with Gasteiger partial charge in [-0.1, -0.05) is 18.5 Å². The SMILES string of the molecule is CCc1nc(CCNC)c(Cl)s1. The van der Waals surface area contributed by atoms with E-state index in [2.05, 4.69) is 17.2 Å². The van der Waals surface area contributed by atoms with Gasteiger partial charge in [0.05, 0.1) is 10.7 Å². The van der Waals surface area contributed by atoms with Gasteiger partial charge in [0.1, 0.15) is 4.34 Å². The Morgan fingerprint density at radius 3 is 2.83 bits per heavy atom. The summed E-state index contributed by atoms with van der Waals surface area (Å²) < 4.78 is 0.849. The second kappa shape index (κ2) is 4.80. The maximum absolute atomic E-state index is 5.99. The summed E-state index contributed by atoms with van der Waals surface area (Å²) in [5.41, 5.74) is 1.04. The fourth-order valence-corrected chi connectivity index (χ4v) is 2.10. The molecular weight excluding hydrogens is 192 g/mol. The van der Waals surface area contributed by atoms with E-state index in [-0.39, 0.29) is 0 Å². The minimum absolute atomic E-state index is 0.849. The van der Waals surface area contributed by atoms with Crippen LogP contribution in [-0.2, 0) is 12.8 Å². The zero-order valence-corrected chi connectivity index (χ0v) is 8.93. The van der Waals surface area contributed by atoms with E-state index in [1.54, 1.807) is 11.3 Å². The largest absolute Gasteiger partial charge is 0.319 e. The van der Waals surface area contributed by atoms with Gasteiger partial charge in [0.2, 0.25) is 0 Å². The molecule has 12 heavy (non-hydrogen) atoms. The number of aromatic nitrogens is 1. The molecule has 0 unspecified atom stereocenters. The molecule has 1 aromatic rings. The topological polar surface area (TPSA) is 24.9 Å². The van der Waals surface area contributed by atoms with E-state index < -0.39 is 0 Å². The monoisotopic (exact) mass is 204 g/mol. The molecule has 1 rings (SSSR count). The molecule has 1 aromatic heterocycles. The van der Waals surface area contributed by atoms with Crippen molar-refractivity contribution >= 4 is 22.9 Å². The van der Waals surface area contributed by atoms with Gasteiger partial charge in [0.25, 0.3) is 0 Å². The van der Waals surface area contributed by atoms with Gasteiger partial charge in [-0.3, -0.25) is 0 Å². The molecule has 4 heteroatoms. The number of nitrogens with one attached hydrogen (secondary N) is 1. The average Bonchev–Trinajstić information content (AvgIpc) is 2.43. The van der Waals surface area contributed by atoms with Gasteiger partial charge in [0, 0.05) is 13.0 Å². The van der Waals surface area contributed by atoms with Crippen molar-refractivity contribution in [1.82, 2.24) is 10.3 Å². The van der Waals surface area contributed by atoms with Crippen molar-refractivity contribution in [3.8, 4) is 0 Å². The summed E-state index contributed by atoms with van der Waals surface area (Å²) >= 11 is 7.58. The summed E-state index contributed by atoms with van der Waals surface area (Å²) in [5, 5.41) is 4.21. The van der Waals surface area contributed by atoms with Crippen LogP contribution in [0.25, 0.3) is 0 Å². The van der Waals surface area contributed by atoms with Crippen molar-refractivity contribution in [1.29, 1.82) is 0 Å². The summed E-state index contributed by atoms with van der Waals surface area (Å²) in [6, 6.07) is 0. The summed E-state index contributed by atoms with van der Waals surface area (Å²) in [6.07, 6.45) is 1.90. The molecule has 0 aliphatic heterocycles. The molecule has 0 aromatic carbocycles. The maximum atomic E-state index is 5.99. The molecule has 0 radical (unpaired) electrons. The van der Waals surface area contributed by atoms with Crippen molar-refractivity contribution < 1.29 is 0 Å². The molecule has 0 bridgehead atoms. The standard InChI is InChI=1S/C8H13ClN2S/c1-3-7-11-6(4-5-10-2)8(9)12-7/h10H,3-5H2,1-2H3. The quantitative estimate of drug-likeness (QED) is 0.813. The molecule has 68 valence electrons. The van der Waals surface area contributed by atoms with Crippen molar-refractivity contribution in [2.45, 2.75) is 19.8 Å². The first-order valence-corrected chi connectivity index (χ1v) is 5.26. The molecule has 1 heterocycles. The Labute approximate surface area is 82.0 Å². The van der Waals surface area contributed by atoms with Crippen molar-refractivity contribution in [3.05, 3.63) is 15.0 Å². The van der Waals surface area contributed by atoms with Gasteiger partial charge >= 0.3 is 0 Å². The minimum atomic E-state index is 0.849. The van der Waals surface area contributed by atoms with Gasteiger partial charge in [-0.25, -0.2) is 4.98 Å². The molecule has 0 saturated heterocycles. The normalized spacial score (nSPS) is 10.6. The Bertz CT molecular complexity index is 247. The summed E-state index contributed by atoms with van der Waals surface area (Å²) in [5.74, 6) is 0. The smallest absolute Gasteiger partial charge is 0.116 e. The first kappa shape index (κ1) is 9.96. The third-order valence-corrected chi connectivity index (χ3v) is 3.09. The second-order valence-electron chi connectivity index (χ2n) is 2.54. The first-order chi connectivity index (χ1) is 5.77. The molecule has 0 aliphatic rings. The van der Waals surface area contributed by atoms with Crippen LogP contribution >= 0.6 is 22.9 Å². The zero-order valence-electron chi connectivity index (χ0n) is 7.35. The van der Waals surface area contributed by atoms with Gasteiger partial charge in [0.15, 0.2) is 0 Å². The van der Waals surface area contributed by atoms with E-state index in [1.165, 1.54) is 0 Å². The molecule has 0 spiro atoms. The number of aryl methyl sites for hydroxylation is 1. The molecular formula is C8H13ClN2S. The van der Waals surface area contributed by atoms with E-state index in [9.17, 15) is 0 Å². The van der Waals surface area contributed by atoms with Crippen LogP contribution in [0.5, 0.6) is 0 Å². The van der Waals surface area contributed by atoms with E-state index in [0.717, 1.165) is 34.4 Å². The molecule has 0 fully saturated rings. The zero-order chi connectivity index (χ0) is 8.97. The summed E-state index contributed by atoms with van der Waals surface area (Å²) in [6.45, 7) is 3.03. The highest BCUT2D eigenvalue weighted by atomic mass is 35.5. The lowest BCUT2D eigenvalue weighted by Crippen LogP contribution is -2.10. The maximum Gasteiger partial charge on any atom is 0.116 e. The number of halogens is 1. The highest BCUT2D eigenvalue weighted by molar-refractivity contribution is 7.16. The van der Waals surface area contributed by atoms with E-state index >= 15 is 0 Å². The molecule has 2 nitrogen and oxygen atoms in total. The predicted octanol–water partition coefficient (Wildman–Crippen LogP) is 2.12. The average molecular weight is 205 g/mol. The number of likely N-dealkylation sites (N-methyl/N-ethyl adjacent to an activating group) is 1. The second-order valence-corrected chi connectivity index (χ2v) is 4.22. The van der Waals surface area contributed by atoms with Gasteiger partial charge in [-0.2, -0.15) is 0 Å². The Balaban J connectivity index is 2.64. The number of nitrogens with zero attached hydrogens (tertiary/aromatic N) is 1. The van der Waals surface area contributed by atoms with Crippen LogP contribution in [0.3, 0.4) is 0 Å². The van der Waals surface area contributed by atoms with E-state index in [0.29, 0.717) is 0 Å². The highest BCUT2D eigenvalue weighted by Gasteiger charge is 2.06. The Hall–Kier alpha value is -0.120. The first-order valence-electron chi connectivity index (χ1n) is 4.06. The molecule has 0 aliphatic carbocycles. The molecule has 0 amide bonds. The van der Waals surface area contributed by atoms with Crippen LogP contribution in [0, 0.1) is 0 Å². The summed E-state index contributed by atoms with van der Waals surface area (Å²) in [4.78, 5) is 4.41. The van der Waals surface area contributed by atoms with Crippen molar-refractivity contribution in [2.75, 3.05) is 13.6 Å². The fraction of sp³-hybridized carbons (Fsp3) is 0.625. The van der Waals surface area contributed by atoms with E-state index in [1.807, 2.05) is 7.05 Å². The lowest BCUT2D eigenvalue weighted by Gasteiger charge is -1.94. The Morgan fingerprint density at radius 2 is 2.33 bits per heavy atom. The van der Waals surface area contributed by atoms with Gasteiger partial charge in [-0.15, -0.1) is 11.3 Å². The lowest BCUT2D eigenvalue weighted by molar-refractivity contribution is 0.777. The van der Waals surface area contributed by atoms with Crippen LogP contribution in [0.15, 0.2) is 0 Å². The number of hydrogen-bond acceptors (Lipinski definition) is 3. The predicted molar refractivity (Wildman–Crippen MR) is 54.1 cm³/mol. The third-order valence-electron chi connectivity index (χ3n) is 1.61. The van der Waals surface area contributed by atoms with Crippen LogP contribution in [0.4, 0.5) is 0 Å². The fourth-order valence-electron chi connectivity index (χ4n) is 0.928. The Morgan fingerprint density at radius 1 is 1.58 bits per heavy atom. The van der Waals surface area contributed by atoms with Crippen LogP contribution < -0.4 is 5.32 Å². The molecule has 0 saturated carbocycles. The lowest BCUT2D eigenvalue weighted by atomic mass is 10.3. The van der Waals surface area contributed by atoms with Crippen LogP contribution in [-0.4, -0.2) is 18.6 Å². The van der Waals surface area contributed by atoms with E-state index in [4.69, 9.17) is 11.6 Å².